The second kappa shape index (κ2) is 7.25. The molecule has 25 heavy (non-hydrogen) atoms. The van der Waals surface area contributed by atoms with E-state index in [-0.39, 0.29) is 12.4 Å². The van der Waals surface area contributed by atoms with Crippen molar-refractivity contribution >= 4 is 17.6 Å². The van der Waals surface area contributed by atoms with Crippen LogP contribution in [-0.2, 0) is 20.1 Å². The number of ketones is 1. The molecule has 1 aliphatic rings. The molecule has 0 spiro atoms. The van der Waals surface area contributed by atoms with Crippen molar-refractivity contribution < 1.29 is 34.8 Å². The predicted octanol–water partition coefficient (Wildman–Crippen LogP) is -3.97. The largest absolute Gasteiger partial charge is 0.480 e. The molecule has 1 aliphatic heterocycles. The summed E-state index contributed by atoms with van der Waals surface area (Å²) in [5.41, 5.74) is 2.35. The summed E-state index contributed by atoms with van der Waals surface area (Å²) in [6, 6.07) is -0.451. The number of ether oxygens (including phenoxy) is 1. The number of aliphatic hydroxyl groups is 3. The summed E-state index contributed by atoms with van der Waals surface area (Å²) in [7, 11) is 0. The van der Waals surface area contributed by atoms with Gasteiger partial charge in [0.05, 0.1) is 19.8 Å². The lowest BCUT2D eigenvalue weighted by Crippen LogP contribution is -2.53. The van der Waals surface area contributed by atoms with Gasteiger partial charge in [0.2, 0.25) is 5.72 Å². The average Bonchev–Trinajstić information content (AvgIpc) is 2.88. The highest BCUT2D eigenvalue weighted by Crippen LogP contribution is 2.30. The number of aliphatic carboxylic acids is 1. The van der Waals surface area contributed by atoms with Gasteiger partial charge in [-0.3, -0.25) is 14.2 Å². The molecule has 2 heterocycles. The molecule has 0 aliphatic carbocycles. The van der Waals surface area contributed by atoms with Gasteiger partial charge >= 0.3 is 11.7 Å². The summed E-state index contributed by atoms with van der Waals surface area (Å²) < 4.78 is 6.02. The van der Waals surface area contributed by atoms with Crippen LogP contribution in [0.4, 0.5) is 5.82 Å². The smallest absolute Gasteiger partial charge is 0.352 e. The van der Waals surface area contributed by atoms with Gasteiger partial charge in [0.1, 0.15) is 18.0 Å². The monoisotopic (exact) mass is 358 g/mol. The van der Waals surface area contributed by atoms with Crippen LogP contribution in [0.15, 0.2) is 17.1 Å². The van der Waals surface area contributed by atoms with E-state index in [9.17, 15) is 29.7 Å². The van der Waals surface area contributed by atoms with Crippen LogP contribution >= 0.6 is 0 Å². The zero-order valence-corrected chi connectivity index (χ0v) is 12.9. The van der Waals surface area contributed by atoms with Gasteiger partial charge in [-0.15, -0.1) is 0 Å². The van der Waals surface area contributed by atoms with E-state index in [1.807, 2.05) is 0 Å². The molecule has 1 aromatic heterocycles. The summed E-state index contributed by atoms with van der Waals surface area (Å²) in [5.74, 6) is -2.35. The Morgan fingerprint density at radius 1 is 1.52 bits per heavy atom. The molecule has 4 atom stereocenters. The molecule has 2 rings (SSSR count). The Bertz CT molecular complexity index is 722. The summed E-state index contributed by atoms with van der Waals surface area (Å²) in [6.07, 6.45) is -1.69. The molecular formula is C13H18N4O8. The lowest BCUT2D eigenvalue weighted by Gasteiger charge is -2.31. The molecule has 138 valence electrons. The van der Waals surface area contributed by atoms with Crippen LogP contribution in [0.25, 0.3) is 0 Å². The summed E-state index contributed by atoms with van der Waals surface area (Å²) >= 11 is 0. The van der Waals surface area contributed by atoms with Gasteiger partial charge in [-0.25, -0.2) is 4.79 Å². The predicted molar refractivity (Wildman–Crippen MR) is 80.6 cm³/mol. The number of carboxylic acids is 1. The van der Waals surface area contributed by atoms with Gasteiger partial charge in [-0.05, 0) is 6.07 Å². The van der Waals surface area contributed by atoms with Gasteiger partial charge < -0.3 is 36.2 Å². The van der Waals surface area contributed by atoms with Crippen molar-refractivity contribution in [2.45, 2.75) is 24.0 Å². The number of nitrogens with zero attached hydrogens (tertiary/aromatic N) is 2. The Morgan fingerprint density at radius 3 is 2.68 bits per heavy atom. The van der Waals surface area contributed by atoms with Crippen molar-refractivity contribution in [3.63, 3.8) is 0 Å². The Labute approximate surface area is 140 Å². The van der Waals surface area contributed by atoms with Crippen LogP contribution in [0.2, 0.25) is 0 Å². The van der Waals surface area contributed by atoms with E-state index in [4.69, 9.17) is 15.6 Å². The fraction of sp³-hybridized carbons (Fsp3) is 0.538. The number of carboxylic acid groups (broad SMARTS) is 1. The lowest BCUT2D eigenvalue weighted by atomic mass is 10.1. The molecule has 0 unspecified atom stereocenters. The number of anilines is 1. The van der Waals surface area contributed by atoms with Crippen LogP contribution in [0.5, 0.6) is 0 Å². The number of carbonyl (C=O) groups is 2. The molecule has 1 saturated heterocycles. The minimum Gasteiger partial charge on any atom is -0.480 e. The summed E-state index contributed by atoms with van der Waals surface area (Å²) in [5, 5.41) is 40.2. The number of hydrogen-bond donors (Lipinski definition) is 6. The van der Waals surface area contributed by atoms with Crippen molar-refractivity contribution in [1.82, 2.24) is 9.55 Å². The quantitative estimate of drug-likeness (QED) is 0.260. The third-order valence-electron chi connectivity index (χ3n) is 3.83. The SMILES string of the molecule is N[C@H](C(=O)O)C(=O)CNc1ccn([C@]2(CO)OC[C@H](O)[C@@H]2O)c(=O)n1. The molecule has 0 radical (unpaired) electrons. The maximum absolute atomic E-state index is 12.2. The van der Waals surface area contributed by atoms with Crippen LogP contribution < -0.4 is 16.7 Å². The molecular weight excluding hydrogens is 340 g/mol. The molecule has 12 heteroatoms. The fourth-order valence-electron chi connectivity index (χ4n) is 2.35. The number of aromatic nitrogens is 2. The molecule has 0 aromatic carbocycles. The standard InChI is InChI=1S/C13H18N4O8/c14-9(11(22)23)6(19)3-15-8-1-2-17(12(24)16-8)13(5-18)10(21)7(20)4-25-13/h1-2,7,9-10,18,20-21H,3-5,14H2,(H,22,23)(H,15,16,24)/t7-,9-,10-,13+/m0/s1. The van der Waals surface area contributed by atoms with E-state index in [1.165, 1.54) is 6.07 Å². The van der Waals surface area contributed by atoms with Gasteiger partial charge in [0, 0.05) is 6.20 Å². The topological polar surface area (TPSA) is 197 Å². The number of hydrogen-bond acceptors (Lipinski definition) is 10. The van der Waals surface area contributed by atoms with E-state index in [0.29, 0.717) is 0 Å². The molecule has 0 saturated carbocycles. The number of carbonyl (C=O) groups excluding carboxylic acids is 1. The zero-order valence-electron chi connectivity index (χ0n) is 12.9. The van der Waals surface area contributed by atoms with Gasteiger partial charge in [-0.2, -0.15) is 4.98 Å². The Morgan fingerprint density at radius 2 is 2.20 bits per heavy atom. The van der Waals surface area contributed by atoms with Gasteiger partial charge in [0.25, 0.3) is 0 Å². The highest BCUT2D eigenvalue weighted by Gasteiger charge is 2.51. The second-order valence-corrected chi connectivity index (χ2v) is 5.43. The van der Waals surface area contributed by atoms with Crippen molar-refractivity contribution in [2.75, 3.05) is 25.1 Å². The Kier molecular flexibility index (Phi) is 5.49. The number of rotatable bonds is 7. The first-order valence-electron chi connectivity index (χ1n) is 7.19. The highest BCUT2D eigenvalue weighted by molar-refractivity contribution is 6.03. The van der Waals surface area contributed by atoms with Crippen molar-refractivity contribution in [3.05, 3.63) is 22.7 Å². The molecule has 0 amide bonds. The lowest BCUT2D eigenvalue weighted by molar-refractivity contribution is -0.154. The third kappa shape index (κ3) is 3.52. The number of nitrogens with two attached hydrogens (primary N) is 1. The molecule has 1 fully saturated rings. The number of aliphatic hydroxyl groups excluding tert-OH is 3. The molecule has 0 bridgehead atoms. The van der Waals surface area contributed by atoms with E-state index >= 15 is 0 Å². The normalized spacial score (nSPS) is 27.0. The van der Waals surface area contributed by atoms with E-state index in [1.54, 1.807) is 0 Å². The van der Waals surface area contributed by atoms with E-state index < -0.39 is 54.6 Å². The van der Waals surface area contributed by atoms with E-state index in [0.717, 1.165) is 10.8 Å². The number of Topliss-reactive ketones (excluding diaryl/α,β-unsaturated/α-hetero) is 1. The Hall–Kier alpha value is -2.38. The van der Waals surface area contributed by atoms with E-state index in [2.05, 4.69) is 10.3 Å². The van der Waals surface area contributed by atoms with Crippen LogP contribution in [0.1, 0.15) is 0 Å². The van der Waals surface area contributed by atoms with Gasteiger partial charge in [-0.1, -0.05) is 0 Å². The fourth-order valence-corrected chi connectivity index (χ4v) is 2.35. The number of nitrogens with one attached hydrogen (secondary N) is 1. The van der Waals surface area contributed by atoms with Crippen LogP contribution in [-0.4, -0.2) is 79.7 Å². The first-order chi connectivity index (χ1) is 11.7. The first-order valence-corrected chi connectivity index (χ1v) is 7.19. The van der Waals surface area contributed by atoms with Crippen molar-refractivity contribution in [2.24, 2.45) is 5.73 Å². The summed E-state index contributed by atoms with van der Waals surface area (Å²) in [6.45, 7) is -1.53. The van der Waals surface area contributed by atoms with Gasteiger partial charge in [0.15, 0.2) is 11.8 Å². The average molecular weight is 358 g/mol. The molecule has 1 aromatic rings. The third-order valence-corrected chi connectivity index (χ3v) is 3.83. The van der Waals surface area contributed by atoms with Crippen molar-refractivity contribution in [3.8, 4) is 0 Å². The highest BCUT2D eigenvalue weighted by atomic mass is 16.6. The zero-order chi connectivity index (χ0) is 18.8. The summed E-state index contributed by atoms with van der Waals surface area (Å²) in [4.78, 5) is 37.9. The van der Waals surface area contributed by atoms with Crippen LogP contribution in [0.3, 0.4) is 0 Å². The first kappa shape index (κ1) is 19.0. The molecule has 12 nitrogen and oxygen atoms in total. The minimum atomic E-state index is -1.87. The maximum atomic E-state index is 12.2. The molecule has 7 N–H and O–H groups in total. The van der Waals surface area contributed by atoms with Crippen molar-refractivity contribution in [1.29, 1.82) is 0 Å². The minimum absolute atomic E-state index is 0.0479. The Balaban J connectivity index is 2.17. The van der Waals surface area contributed by atoms with Crippen LogP contribution in [0, 0.1) is 0 Å². The maximum Gasteiger partial charge on any atom is 0.352 e. The second-order valence-electron chi connectivity index (χ2n) is 5.43.